The summed E-state index contributed by atoms with van der Waals surface area (Å²) < 4.78 is 36.6. The fraction of sp³-hybridized carbons (Fsp3) is 0.929. The second kappa shape index (κ2) is 9.14. The monoisotopic (exact) mass is 436 g/mol. The summed E-state index contributed by atoms with van der Waals surface area (Å²) in [4.78, 5) is 7.75. The first-order chi connectivity index (χ1) is 9.63. The Balaban J connectivity index is 0.00000441. The molecular formula is C14H28F3IN4. The van der Waals surface area contributed by atoms with E-state index in [-0.39, 0.29) is 24.0 Å². The molecule has 1 aliphatic rings. The molecule has 0 aromatic carbocycles. The fourth-order valence-corrected chi connectivity index (χ4v) is 2.56. The highest BCUT2D eigenvalue weighted by molar-refractivity contribution is 14.0. The van der Waals surface area contributed by atoms with Crippen molar-refractivity contribution >= 4 is 29.9 Å². The van der Waals surface area contributed by atoms with Crippen molar-refractivity contribution in [3.05, 3.63) is 0 Å². The number of hydrogen-bond donors (Lipinski definition) is 1. The molecule has 1 N–H and O–H groups in total. The number of alkyl halides is 3. The van der Waals surface area contributed by atoms with Gasteiger partial charge in [0.25, 0.3) is 0 Å². The van der Waals surface area contributed by atoms with Crippen LogP contribution in [-0.4, -0.2) is 68.8 Å². The third-order valence-corrected chi connectivity index (χ3v) is 3.64. The molecule has 22 heavy (non-hydrogen) atoms. The SMILES string of the molecule is CN=C(NCCCN(C)CC(F)(F)F)N1CCC(C)(C)C1.I. The Kier molecular flexibility index (Phi) is 9.04. The lowest BCUT2D eigenvalue weighted by Gasteiger charge is -2.24. The number of likely N-dealkylation sites (tertiary alicyclic amines) is 1. The lowest BCUT2D eigenvalue weighted by molar-refractivity contribution is -0.143. The summed E-state index contributed by atoms with van der Waals surface area (Å²) in [6.07, 6.45) is -2.34. The van der Waals surface area contributed by atoms with Gasteiger partial charge in [0.1, 0.15) is 0 Å². The first-order valence-electron chi connectivity index (χ1n) is 7.34. The third kappa shape index (κ3) is 8.40. The number of hydrogen-bond acceptors (Lipinski definition) is 2. The molecule has 1 heterocycles. The zero-order valence-electron chi connectivity index (χ0n) is 13.8. The predicted molar refractivity (Wildman–Crippen MR) is 94.9 cm³/mol. The van der Waals surface area contributed by atoms with E-state index in [0.717, 1.165) is 25.5 Å². The lowest BCUT2D eigenvalue weighted by atomic mass is 9.93. The van der Waals surface area contributed by atoms with Gasteiger partial charge in [0, 0.05) is 26.7 Å². The Bertz CT molecular complexity index is 358. The summed E-state index contributed by atoms with van der Waals surface area (Å²) in [5.74, 6) is 0.846. The zero-order valence-corrected chi connectivity index (χ0v) is 16.2. The quantitative estimate of drug-likeness (QED) is 0.311. The molecule has 1 aliphatic heterocycles. The van der Waals surface area contributed by atoms with Gasteiger partial charge in [-0.05, 0) is 31.8 Å². The Morgan fingerprint density at radius 3 is 2.45 bits per heavy atom. The molecular weight excluding hydrogens is 408 g/mol. The highest BCUT2D eigenvalue weighted by atomic mass is 127. The van der Waals surface area contributed by atoms with Crippen molar-refractivity contribution in [2.75, 3.05) is 46.8 Å². The topological polar surface area (TPSA) is 30.9 Å². The number of guanidine groups is 1. The van der Waals surface area contributed by atoms with Gasteiger partial charge < -0.3 is 10.2 Å². The standard InChI is InChI=1S/C14H27F3N4.HI/c1-13(2)6-9-21(10-13)12(18-3)19-7-5-8-20(4)11-14(15,16)17;/h5-11H2,1-4H3,(H,18,19);1H. The summed E-state index contributed by atoms with van der Waals surface area (Å²) in [6, 6.07) is 0. The summed E-state index contributed by atoms with van der Waals surface area (Å²) in [5, 5.41) is 3.24. The summed E-state index contributed by atoms with van der Waals surface area (Å²) in [7, 11) is 3.23. The van der Waals surface area contributed by atoms with E-state index in [1.54, 1.807) is 7.05 Å². The van der Waals surface area contributed by atoms with Gasteiger partial charge in [-0.25, -0.2) is 0 Å². The Hall–Kier alpha value is -0.250. The highest BCUT2D eigenvalue weighted by Gasteiger charge is 2.31. The maximum Gasteiger partial charge on any atom is 0.401 e. The van der Waals surface area contributed by atoms with E-state index in [1.165, 1.54) is 11.9 Å². The van der Waals surface area contributed by atoms with E-state index in [0.29, 0.717) is 24.9 Å². The smallest absolute Gasteiger partial charge is 0.356 e. The maximum atomic E-state index is 12.2. The normalized spacial score (nSPS) is 18.5. The predicted octanol–water partition coefficient (Wildman–Crippen LogP) is 2.80. The molecule has 4 nitrogen and oxygen atoms in total. The molecule has 132 valence electrons. The Labute approximate surface area is 148 Å². The number of nitrogens with one attached hydrogen (secondary N) is 1. The van der Waals surface area contributed by atoms with Gasteiger partial charge >= 0.3 is 6.18 Å². The van der Waals surface area contributed by atoms with E-state index >= 15 is 0 Å². The fourth-order valence-electron chi connectivity index (χ4n) is 2.56. The Morgan fingerprint density at radius 2 is 2.00 bits per heavy atom. The molecule has 0 unspecified atom stereocenters. The molecule has 1 rings (SSSR count). The van der Waals surface area contributed by atoms with Crippen LogP contribution in [0.4, 0.5) is 13.2 Å². The zero-order chi connectivity index (χ0) is 16.1. The van der Waals surface area contributed by atoms with Gasteiger partial charge in [-0.2, -0.15) is 13.2 Å². The van der Waals surface area contributed by atoms with Gasteiger partial charge in [0.05, 0.1) is 6.54 Å². The molecule has 0 aromatic heterocycles. The van der Waals surface area contributed by atoms with Crippen LogP contribution < -0.4 is 5.32 Å². The van der Waals surface area contributed by atoms with Gasteiger partial charge in [-0.3, -0.25) is 9.89 Å². The van der Waals surface area contributed by atoms with Crippen molar-refractivity contribution in [3.63, 3.8) is 0 Å². The minimum atomic E-state index is -4.13. The average Bonchev–Trinajstić information content (AvgIpc) is 2.67. The Morgan fingerprint density at radius 1 is 1.36 bits per heavy atom. The van der Waals surface area contributed by atoms with Crippen molar-refractivity contribution in [2.24, 2.45) is 10.4 Å². The molecule has 8 heteroatoms. The van der Waals surface area contributed by atoms with Crippen molar-refractivity contribution in [1.29, 1.82) is 0 Å². The van der Waals surface area contributed by atoms with Crippen LogP contribution >= 0.6 is 24.0 Å². The first kappa shape index (κ1) is 21.8. The number of aliphatic imine (C=N–C) groups is 1. The van der Waals surface area contributed by atoms with Crippen LogP contribution in [0.3, 0.4) is 0 Å². The average molecular weight is 436 g/mol. The van der Waals surface area contributed by atoms with Crippen LogP contribution in [-0.2, 0) is 0 Å². The van der Waals surface area contributed by atoms with Crippen molar-refractivity contribution in [3.8, 4) is 0 Å². The van der Waals surface area contributed by atoms with E-state index in [2.05, 4.69) is 29.1 Å². The van der Waals surface area contributed by atoms with Gasteiger partial charge in [0.2, 0.25) is 0 Å². The summed E-state index contributed by atoms with van der Waals surface area (Å²) in [5.41, 5.74) is 0.296. The second-order valence-electron chi connectivity index (χ2n) is 6.52. The minimum Gasteiger partial charge on any atom is -0.356 e. The lowest BCUT2D eigenvalue weighted by Crippen LogP contribution is -2.41. The molecule has 0 amide bonds. The molecule has 1 saturated heterocycles. The van der Waals surface area contributed by atoms with Crippen LogP contribution in [0.1, 0.15) is 26.7 Å². The molecule has 0 saturated carbocycles. The molecule has 0 radical (unpaired) electrons. The molecule has 0 aromatic rings. The van der Waals surface area contributed by atoms with Crippen molar-refractivity contribution in [1.82, 2.24) is 15.1 Å². The van der Waals surface area contributed by atoms with Gasteiger partial charge in [-0.15, -0.1) is 24.0 Å². The van der Waals surface area contributed by atoms with Gasteiger partial charge in [-0.1, -0.05) is 13.8 Å². The van der Waals surface area contributed by atoms with Crippen LogP contribution in [0.5, 0.6) is 0 Å². The van der Waals surface area contributed by atoms with Crippen LogP contribution in [0, 0.1) is 5.41 Å². The molecule has 0 bridgehead atoms. The minimum absolute atomic E-state index is 0. The molecule has 0 spiro atoms. The largest absolute Gasteiger partial charge is 0.401 e. The van der Waals surface area contributed by atoms with Crippen LogP contribution in [0.2, 0.25) is 0 Å². The third-order valence-electron chi connectivity index (χ3n) is 3.64. The van der Waals surface area contributed by atoms with Crippen LogP contribution in [0.15, 0.2) is 4.99 Å². The summed E-state index contributed by atoms with van der Waals surface area (Å²) in [6.45, 7) is 6.57. The van der Waals surface area contributed by atoms with Gasteiger partial charge in [0.15, 0.2) is 5.96 Å². The molecule has 1 fully saturated rings. The van der Waals surface area contributed by atoms with E-state index < -0.39 is 12.7 Å². The number of halogens is 4. The van der Waals surface area contributed by atoms with E-state index in [1.807, 2.05) is 0 Å². The molecule has 0 atom stereocenters. The van der Waals surface area contributed by atoms with Crippen molar-refractivity contribution < 1.29 is 13.2 Å². The highest BCUT2D eigenvalue weighted by Crippen LogP contribution is 2.28. The van der Waals surface area contributed by atoms with Crippen molar-refractivity contribution in [2.45, 2.75) is 32.9 Å². The molecule has 0 aliphatic carbocycles. The number of nitrogens with zero attached hydrogens (tertiary/aromatic N) is 3. The first-order valence-corrected chi connectivity index (χ1v) is 7.34. The van der Waals surface area contributed by atoms with Crippen LogP contribution in [0.25, 0.3) is 0 Å². The van der Waals surface area contributed by atoms with E-state index in [4.69, 9.17) is 0 Å². The number of rotatable bonds is 5. The van der Waals surface area contributed by atoms with E-state index in [9.17, 15) is 13.2 Å². The maximum absolute atomic E-state index is 12.2. The second-order valence-corrected chi connectivity index (χ2v) is 6.52. The summed E-state index contributed by atoms with van der Waals surface area (Å²) >= 11 is 0.